The van der Waals surface area contributed by atoms with Gasteiger partial charge in [-0.25, -0.2) is 9.78 Å². The zero-order chi connectivity index (χ0) is 28.4. The van der Waals surface area contributed by atoms with Crippen molar-refractivity contribution in [2.75, 3.05) is 27.9 Å². The maximum Gasteiger partial charge on any atom is 0.339 e. The fourth-order valence-corrected chi connectivity index (χ4v) is 6.08. The summed E-state index contributed by atoms with van der Waals surface area (Å²) < 4.78 is 22.2. The summed E-state index contributed by atoms with van der Waals surface area (Å²) >= 11 is 0. The average Bonchev–Trinajstić information content (AvgIpc) is 3.35. The third-order valence-corrected chi connectivity index (χ3v) is 7.98. The average molecular weight is 545 g/mol. The molecule has 2 heterocycles. The first-order valence-electron chi connectivity index (χ1n) is 13.8. The first-order valence-corrected chi connectivity index (χ1v) is 13.8. The SMILES string of the molecule is COc1cc(/C=C2/CCc3c2nc2ccccc2c3C(=O)OCC(=O)N2[C@@H](C)CCC[C@@H]2C)cc(OC)c1OC. The molecule has 0 spiro atoms. The highest BCUT2D eigenvalue weighted by Crippen LogP contribution is 2.41. The minimum absolute atomic E-state index is 0.142. The lowest BCUT2D eigenvalue weighted by Gasteiger charge is -2.38. The molecule has 210 valence electrons. The number of benzene rings is 2. The molecule has 5 rings (SSSR count). The second-order valence-electron chi connectivity index (χ2n) is 10.5. The zero-order valence-corrected chi connectivity index (χ0v) is 23.8. The zero-order valence-electron chi connectivity index (χ0n) is 23.8. The van der Waals surface area contributed by atoms with Gasteiger partial charge in [0.15, 0.2) is 18.1 Å². The molecule has 1 aliphatic carbocycles. The van der Waals surface area contributed by atoms with Crippen molar-refractivity contribution in [3.05, 3.63) is 58.8 Å². The van der Waals surface area contributed by atoms with Gasteiger partial charge in [0, 0.05) is 17.5 Å². The molecule has 40 heavy (non-hydrogen) atoms. The molecule has 0 saturated carbocycles. The Morgan fingerprint density at radius 1 is 0.975 bits per heavy atom. The van der Waals surface area contributed by atoms with Gasteiger partial charge in [0.25, 0.3) is 5.91 Å². The van der Waals surface area contributed by atoms with Crippen LogP contribution >= 0.6 is 0 Å². The third-order valence-electron chi connectivity index (χ3n) is 7.98. The van der Waals surface area contributed by atoms with E-state index < -0.39 is 5.97 Å². The number of carbonyl (C=O) groups excluding carboxylic acids is 2. The number of pyridine rings is 1. The first-order chi connectivity index (χ1) is 19.4. The molecule has 0 unspecified atom stereocenters. The minimum atomic E-state index is -0.491. The topological polar surface area (TPSA) is 87.2 Å². The number of carbonyl (C=O) groups is 2. The lowest BCUT2D eigenvalue weighted by molar-refractivity contribution is -0.140. The van der Waals surface area contributed by atoms with Crippen LogP contribution in [0.15, 0.2) is 36.4 Å². The predicted molar refractivity (Wildman–Crippen MR) is 154 cm³/mol. The van der Waals surface area contributed by atoms with Gasteiger partial charge in [-0.05, 0) is 86.9 Å². The summed E-state index contributed by atoms with van der Waals surface area (Å²) in [6.45, 7) is 3.84. The first kappa shape index (κ1) is 27.5. The summed E-state index contributed by atoms with van der Waals surface area (Å²) in [7, 11) is 4.74. The molecule has 2 aromatic carbocycles. The van der Waals surface area contributed by atoms with Gasteiger partial charge >= 0.3 is 5.97 Å². The van der Waals surface area contributed by atoms with Gasteiger partial charge < -0.3 is 23.8 Å². The number of allylic oxidation sites excluding steroid dienone is 1. The van der Waals surface area contributed by atoms with Gasteiger partial charge in [0.05, 0.1) is 38.1 Å². The molecule has 1 aromatic heterocycles. The second kappa shape index (κ2) is 11.6. The van der Waals surface area contributed by atoms with Crippen LogP contribution in [0.2, 0.25) is 0 Å². The number of hydrogen-bond donors (Lipinski definition) is 0. The lowest BCUT2D eigenvalue weighted by atomic mass is 9.97. The van der Waals surface area contributed by atoms with Crippen molar-refractivity contribution in [3.63, 3.8) is 0 Å². The van der Waals surface area contributed by atoms with E-state index in [2.05, 4.69) is 13.8 Å². The minimum Gasteiger partial charge on any atom is -0.493 e. The highest BCUT2D eigenvalue weighted by molar-refractivity contribution is 6.07. The normalized spacial score (nSPS) is 19.4. The number of nitrogens with zero attached hydrogens (tertiary/aromatic N) is 2. The van der Waals surface area contributed by atoms with Crippen LogP contribution in [-0.2, 0) is 16.0 Å². The van der Waals surface area contributed by atoms with E-state index in [0.29, 0.717) is 41.2 Å². The Balaban J connectivity index is 1.49. The number of hydrogen-bond acceptors (Lipinski definition) is 7. The van der Waals surface area contributed by atoms with Crippen molar-refractivity contribution in [1.29, 1.82) is 0 Å². The van der Waals surface area contributed by atoms with Gasteiger partial charge in [-0.15, -0.1) is 0 Å². The van der Waals surface area contributed by atoms with Crippen LogP contribution < -0.4 is 14.2 Å². The van der Waals surface area contributed by atoms with Crippen molar-refractivity contribution < 1.29 is 28.5 Å². The fraction of sp³-hybridized carbons (Fsp3) is 0.406. The van der Waals surface area contributed by atoms with Gasteiger partial charge in [-0.3, -0.25) is 4.79 Å². The summed E-state index contributed by atoms with van der Waals surface area (Å²) in [5.74, 6) is 1.01. The molecule has 8 heteroatoms. The number of esters is 1. The van der Waals surface area contributed by atoms with Crippen molar-refractivity contribution in [2.24, 2.45) is 0 Å². The van der Waals surface area contributed by atoms with Crippen LogP contribution in [0.25, 0.3) is 22.6 Å². The van der Waals surface area contributed by atoms with Gasteiger partial charge in [0.1, 0.15) is 0 Å². The van der Waals surface area contributed by atoms with Crippen LogP contribution in [-0.4, -0.2) is 61.8 Å². The van der Waals surface area contributed by atoms with Gasteiger partial charge in [-0.1, -0.05) is 18.2 Å². The van der Waals surface area contributed by atoms with E-state index in [9.17, 15) is 9.59 Å². The summed E-state index contributed by atoms with van der Waals surface area (Å²) in [4.78, 5) is 33.5. The van der Waals surface area contributed by atoms with Crippen LogP contribution in [0.3, 0.4) is 0 Å². The fourth-order valence-electron chi connectivity index (χ4n) is 6.08. The van der Waals surface area contributed by atoms with Crippen molar-refractivity contribution in [1.82, 2.24) is 9.88 Å². The molecule has 2 atom stereocenters. The van der Waals surface area contributed by atoms with Crippen LogP contribution in [0, 0.1) is 0 Å². The smallest absolute Gasteiger partial charge is 0.339 e. The van der Waals surface area contributed by atoms with E-state index in [1.54, 1.807) is 21.3 Å². The highest BCUT2D eigenvalue weighted by Gasteiger charge is 2.31. The number of aromatic nitrogens is 1. The number of likely N-dealkylation sites (tertiary alicyclic amines) is 1. The van der Waals surface area contributed by atoms with E-state index in [1.165, 1.54) is 0 Å². The van der Waals surface area contributed by atoms with Crippen LogP contribution in [0.1, 0.15) is 66.7 Å². The third kappa shape index (κ3) is 5.10. The largest absolute Gasteiger partial charge is 0.493 e. The molecule has 3 aromatic rings. The Kier molecular flexibility index (Phi) is 7.96. The second-order valence-corrected chi connectivity index (χ2v) is 10.5. The number of methoxy groups -OCH3 is 3. The van der Waals surface area contributed by atoms with Gasteiger partial charge in [-0.2, -0.15) is 0 Å². The number of rotatable bonds is 7. The Labute approximate surface area is 234 Å². The molecule has 8 nitrogen and oxygen atoms in total. The van der Waals surface area contributed by atoms with Crippen molar-refractivity contribution >= 4 is 34.4 Å². The summed E-state index contributed by atoms with van der Waals surface area (Å²) in [5.41, 5.74) is 4.67. The summed E-state index contributed by atoms with van der Waals surface area (Å²) in [6.07, 6.45) is 6.42. The molecule has 0 radical (unpaired) electrons. The van der Waals surface area contributed by atoms with E-state index in [-0.39, 0.29) is 24.6 Å². The number of ether oxygens (including phenoxy) is 4. The summed E-state index contributed by atoms with van der Waals surface area (Å²) in [6, 6.07) is 11.6. The Morgan fingerprint density at radius 3 is 2.30 bits per heavy atom. The molecule has 1 saturated heterocycles. The van der Waals surface area contributed by atoms with Crippen LogP contribution in [0.4, 0.5) is 0 Å². The van der Waals surface area contributed by atoms with Gasteiger partial charge in [0.2, 0.25) is 5.75 Å². The number of para-hydroxylation sites is 1. The van der Waals surface area contributed by atoms with Crippen LogP contribution in [0.5, 0.6) is 17.2 Å². The Hall–Kier alpha value is -4.07. The number of amides is 1. The molecule has 1 aliphatic heterocycles. The Bertz CT molecular complexity index is 1440. The van der Waals surface area contributed by atoms with Crippen molar-refractivity contribution in [3.8, 4) is 17.2 Å². The molecule has 2 aliphatic rings. The van der Waals surface area contributed by atoms with E-state index in [4.69, 9.17) is 23.9 Å². The number of fused-ring (bicyclic) bond motifs is 2. The highest BCUT2D eigenvalue weighted by atomic mass is 16.5. The predicted octanol–water partition coefficient (Wildman–Crippen LogP) is 5.69. The van der Waals surface area contributed by atoms with E-state index in [1.807, 2.05) is 47.4 Å². The molecular formula is C32H36N2O6. The maximum atomic E-state index is 13.6. The van der Waals surface area contributed by atoms with E-state index >= 15 is 0 Å². The molecule has 0 bridgehead atoms. The monoisotopic (exact) mass is 544 g/mol. The molecular weight excluding hydrogens is 508 g/mol. The quantitative estimate of drug-likeness (QED) is 0.353. The molecule has 1 fully saturated rings. The van der Waals surface area contributed by atoms with E-state index in [0.717, 1.165) is 47.0 Å². The lowest BCUT2D eigenvalue weighted by Crippen LogP contribution is -2.49. The standard InChI is InChI=1S/C32H36N2O6/c1-19-9-8-10-20(2)34(19)28(35)18-40-32(36)29-23-11-6-7-12-25(23)33-30-22(13-14-24(29)30)15-21-16-26(37-3)31(39-5)27(17-21)38-4/h6-7,11-12,15-17,19-20H,8-10,13-14,18H2,1-5H3/b22-15-/t19-,20-/m0/s1. The Morgan fingerprint density at radius 2 is 1.65 bits per heavy atom. The number of piperidine rings is 1. The summed E-state index contributed by atoms with van der Waals surface area (Å²) in [5, 5.41) is 0.729. The van der Waals surface area contributed by atoms with Crippen molar-refractivity contribution in [2.45, 2.75) is 58.0 Å². The molecule has 0 N–H and O–H groups in total. The molecule has 1 amide bonds. The maximum absolute atomic E-state index is 13.6.